The van der Waals surface area contributed by atoms with E-state index < -0.39 is 0 Å². The van der Waals surface area contributed by atoms with Gasteiger partial charge in [-0.2, -0.15) is 4.73 Å². The summed E-state index contributed by atoms with van der Waals surface area (Å²) in [4.78, 5) is 15.4. The maximum atomic E-state index is 13.3. The number of rotatable bonds is 5. The highest BCUT2D eigenvalue weighted by Gasteiger charge is 2.30. The summed E-state index contributed by atoms with van der Waals surface area (Å²) in [5.74, 6) is 0.441. The highest BCUT2D eigenvalue weighted by Crippen LogP contribution is 2.31. The van der Waals surface area contributed by atoms with E-state index in [0.29, 0.717) is 10.7 Å². The van der Waals surface area contributed by atoms with Gasteiger partial charge in [0.15, 0.2) is 6.20 Å². The van der Waals surface area contributed by atoms with Crippen LogP contribution in [0.1, 0.15) is 73.9 Å². The van der Waals surface area contributed by atoms with Crippen LogP contribution in [0.15, 0.2) is 36.7 Å². The zero-order valence-electron chi connectivity index (χ0n) is 16.9. The Hall–Kier alpha value is -2.27. The quantitative estimate of drug-likeness (QED) is 0.589. The average molecular weight is 402 g/mol. The van der Waals surface area contributed by atoms with Crippen LogP contribution in [0.25, 0.3) is 0 Å². The first kappa shape index (κ1) is 20.5. The second-order valence-corrected chi connectivity index (χ2v) is 8.39. The molecule has 0 saturated carbocycles. The van der Waals surface area contributed by atoms with E-state index in [4.69, 9.17) is 11.6 Å². The van der Waals surface area contributed by atoms with Crippen LogP contribution in [-0.2, 0) is 0 Å². The second-order valence-electron chi connectivity index (χ2n) is 7.98. The molecule has 1 aliphatic heterocycles. The van der Waals surface area contributed by atoms with Crippen molar-refractivity contribution in [2.75, 3.05) is 11.4 Å². The summed E-state index contributed by atoms with van der Waals surface area (Å²) in [5, 5.41) is 15.4. The van der Waals surface area contributed by atoms with Crippen molar-refractivity contribution in [3.63, 3.8) is 0 Å². The van der Waals surface area contributed by atoms with E-state index in [9.17, 15) is 10.0 Å². The van der Waals surface area contributed by atoms with Crippen LogP contribution in [0, 0.1) is 5.21 Å². The molecule has 5 nitrogen and oxygen atoms in total. The van der Waals surface area contributed by atoms with E-state index >= 15 is 0 Å². The first-order valence-corrected chi connectivity index (χ1v) is 10.3. The van der Waals surface area contributed by atoms with Gasteiger partial charge in [0.2, 0.25) is 6.20 Å². The molecule has 1 saturated heterocycles. The predicted molar refractivity (Wildman–Crippen MR) is 113 cm³/mol. The normalized spacial score (nSPS) is 16.8. The molecule has 1 atom stereocenters. The molecular formula is C22H28ClN3O2. The fraction of sp³-hybridized carbons (Fsp3) is 0.455. The lowest BCUT2D eigenvalue weighted by molar-refractivity contribution is -0.604. The van der Waals surface area contributed by atoms with E-state index in [0.717, 1.165) is 40.8 Å². The monoisotopic (exact) mass is 401 g/mol. The van der Waals surface area contributed by atoms with Crippen molar-refractivity contribution in [1.82, 2.24) is 5.32 Å². The third-order valence-corrected chi connectivity index (χ3v) is 5.64. The maximum Gasteiger partial charge on any atom is 0.253 e. The number of nitrogens with one attached hydrogen (secondary N) is 1. The molecule has 0 spiro atoms. The minimum absolute atomic E-state index is 0.0630. The molecule has 1 aromatic heterocycles. The van der Waals surface area contributed by atoms with Crippen LogP contribution in [0.3, 0.4) is 0 Å². The fourth-order valence-electron chi connectivity index (χ4n) is 3.90. The summed E-state index contributed by atoms with van der Waals surface area (Å²) >= 11 is 6.32. The summed E-state index contributed by atoms with van der Waals surface area (Å²) in [6.45, 7) is 9.17. The number of benzene rings is 1. The van der Waals surface area contributed by atoms with Crippen molar-refractivity contribution in [2.24, 2.45) is 0 Å². The highest BCUT2D eigenvalue weighted by molar-refractivity contribution is 6.33. The van der Waals surface area contributed by atoms with Gasteiger partial charge in [-0.15, -0.1) is 0 Å². The average Bonchev–Trinajstić information content (AvgIpc) is 3.10. The lowest BCUT2D eigenvalue weighted by Gasteiger charge is -2.28. The maximum absolute atomic E-state index is 13.3. The van der Waals surface area contributed by atoms with Crippen molar-refractivity contribution in [3.05, 3.63) is 63.6 Å². The zero-order valence-corrected chi connectivity index (χ0v) is 17.7. The molecule has 2 aromatic rings. The Morgan fingerprint density at radius 1 is 1.21 bits per heavy atom. The van der Waals surface area contributed by atoms with Gasteiger partial charge in [0.05, 0.1) is 5.02 Å². The molecule has 0 radical (unpaired) electrons. The number of nitrogens with zero attached hydrogens (tertiary/aromatic N) is 2. The van der Waals surface area contributed by atoms with E-state index in [1.165, 1.54) is 12.4 Å². The molecule has 150 valence electrons. The van der Waals surface area contributed by atoms with Gasteiger partial charge in [-0.1, -0.05) is 57.5 Å². The molecule has 3 rings (SSSR count). The van der Waals surface area contributed by atoms with E-state index in [2.05, 4.69) is 33.0 Å². The molecule has 1 unspecified atom stereocenters. The van der Waals surface area contributed by atoms with Crippen molar-refractivity contribution in [2.45, 2.75) is 58.5 Å². The van der Waals surface area contributed by atoms with Crippen LogP contribution >= 0.6 is 11.6 Å². The molecule has 1 amide bonds. The molecule has 6 heteroatoms. The molecule has 1 fully saturated rings. The highest BCUT2D eigenvalue weighted by atomic mass is 35.5. The Kier molecular flexibility index (Phi) is 6.14. The molecule has 2 heterocycles. The molecule has 1 aromatic carbocycles. The van der Waals surface area contributed by atoms with Gasteiger partial charge in [0.1, 0.15) is 11.9 Å². The standard InChI is InChI=1S/C22H28ClN3O2/c1-14(2)16-7-5-8-17(15(3)4)21(16)22(27)24-20-9-6-11-26(20)19-13-25(28)12-10-18(19)23/h5,7-8,10,12-15,20H,6,9,11H2,1-4H3,(H,24,27). The minimum Gasteiger partial charge on any atom is -0.619 e. The first-order valence-electron chi connectivity index (χ1n) is 9.88. The van der Waals surface area contributed by atoms with Crippen LogP contribution < -0.4 is 14.9 Å². The Morgan fingerprint density at radius 2 is 1.86 bits per heavy atom. The third-order valence-electron chi connectivity index (χ3n) is 5.32. The topological polar surface area (TPSA) is 59.3 Å². The number of aromatic nitrogens is 1. The number of carbonyl (C=O) groups is 1. The Labute approximate surface area is 171 Å². The van der Waals surface area contributed by atoms with Crippen LogP contribution in [0.4, 0.5) is 5.69 Å². The van der Waals surface area contributed by atoms with E-state index in [-0.39, 0.29) is 23.9 Å². The van der Waals surface area contributed by atoms with Gasteiger partial charge in [-0.3, -0.25) is 4.79 Å². The van der Waals surface area contributed by atoms with Gasteiger partial charge in [-0.05, 0) is 35.8 Å². The number of halogens is 1. The molecule has 28 heavy (non-hydrogen) atoms. The number of hydrogen-bond acceptors (Lipinski definition) is 3. The number of pyridine rings is 1. The van der Waals surface area contributed by atoms with Crippen molar-refractivity contribution >= 4 is 23.2 Å². The SMILES string of the molecule is CC(C)c1cccc(C(C)C)c1C(=O)NC1CCCN1c1c[n+]([O-])ccc1Cl. The summed E-state index contributed by atoms with van der Waals surface area (Å²) in [6.07, 6.45) is 4.40. The minimum atomic E-state index is -0.187. The van der Waals surface area contributed by atoms with Gasteiger partial charge >= 0.3 is 0 Å². The number of hydrogen-bond donors (Lipinski definition) is 1. The van der Waals surface area contributed by atoms with Crippen LogP contribution in [-0.4, -0.2) is 18.6 Å². The first-order chi connectivity index (χ1) is 13.3. The van der Waals surface area contributed by atoms with Crippen molar-refractivity contribution in [3.8, 4) is 0 Å². The zero-order chi connectivity index (χ0) is 20.4. The lowest BCUT2D eigenvalue weighted by atomic mass is 9.88. The van der Waals surface area contributed by atoms with Crippen molar-refractivity contribution < 1.29 is 9.52 Å². The summed E-state index contributed by atoms with van der Waals surface area (Å²) in [6, 6.07) is 7.69. The Balaban J connectivity index is 1.92. The Bertz CT molecular complexity index is 841. The lowest BCUT2D eigenvalue weighted by Crippen LogP contribution is -2.45. The molecule has 1 N–H and O–H groups in total. The van der Waals surface area contributed by atoms with Gasteiger partial charge < -0.3 is 15.4 Å². The summed E-state index contributed by atoms with van der Waals surface area (Å²) in [7, 11) is 0. The molecular weight excluding hydrogens is 374 g/mol. The molecule has 0 bridgehead atoms. The fourth-order valence-corrected chi connectivity index (χ4v) is 4.12. The second kappa shape index (κ2) is 8.39. The number of amides is 1. The van der Waals surface area contributed by atoms with E-state index in [1.807, 2.05) is 23.1 Å². The van der Waals surface area contributed by atoms with Gasteiger partial charge in [0.25, 0.3) is 5.91 Å². The van der Waals surface area contributed by atoms with Gasteiger partial charge in [-0.25, -0.2) is 0 Å². The van der Waals surface area contributed by atoms with Gasteiger partial charge in [0, 0.05) is 18.2 Å². The largest absolute Gasteiger partial charge is 0.619 e. The van der Waals surface area contributed by atoms with Crippen LogP contribution in [0.2, 0.25) is 5.02 Å². The number of carbonyl (C=O) groups excluding carboxylic acids is 1. The predicted octanol–water partition coefficient (Wildman–Crippen LogP) is 4.58. The third kappa shape index (κ3) is 4.09. The Morgan fingerprint density at radius 3 is 2.46 bits per heavy atom. The molecule has 1 aliphatic rings. The number of anilines is 1. The summed E-state index contributed by atoms with van der Waals surface area (Å²) < 4.78 is 0.739. The van der Waals surface area contributed by atoms with Crippen LogP contribution in [0.5, 0.6) is 0 Å². The molecule has 0 aliphatic carbocycles. The summed E-state index contributed by atoms with van der Waals surface area (Å²) in [5.41, 5.74) is 3.55. The van der Waals surface area contributed by atoms with E-state index in [1.54, 1.807) is 6.07 Å². The smallest absolute Gasteiger partial charge is 0.253 e. The van der Waals surface area contributed by atoms with Crippen molar-refractivity contribution in [1.29, 1.82) is 0 Å².